The van der Waals surface area contributed by atoms with E-state index in [0.717, 1.165) is 0 Å². The molecule has 1 amide bonds. The molecule has 1 aliphatic heterocycles. The second-order valence-corrected chi connectivity index (χ2v) is 6.29. The van der Waals surface area contributed by atoms with Crippen LogP contribution in [0.5, 0.6) is 0 Å². The van der Waals surface area contributed by atoms with Crippen LogP contribution in [-0.2, 0) is 17.0 Å². The van der Waals surface area contributed by atoms with Crippen molar-refractivity contribution in [1.82, 2.24) is 15.0 Å². The summed E-state index contributed by atoms with van der Waals surface area (Å²) in [5.41, 5.74) is 5.63. The predicted molar refractivity (Wildman–Crippen MR) is 96.1 cm³/mol. The number of pyridine rings is 1. The fourth-order valence-corrected chi connectivity index (χ4v) is 3.26. The van der Waals surface area contributed by atoms with Gasteiger partial charge in [-0.25, -0.2) is 13.8 Å². The molecule has 1 aliphatic rings. The summed E-state index contributed by atoms with van der Waals surface area (Å²) < 4.78 is 32.4. The number of aromatic nitrogens is 2. The Hall–Kier alpha value is -3.62. The van der Waals surface area contributed by atoms with Crippen molar-refractivity contribution in [2.24, 2.45) is 10.7 Å². The van der Waals surface area contributed by atoms with Gasteiger partial charge in [0.2, 0.25) is 0 Å². The Bertz CT molecular complexity index is 1080. The van der Waals surface area contributed by atoms with Crippen molar-refractivity contribution in [2.45, 2.75) is 12.2 Å². The van der Waals surface area contributed by atoms with E-state index in [0.29, 0.717) is 11.1 Å². The number of rotatable bonds is 4. The number of amides is 1. The van der Waals surface area contributed by atoms with Crippen LogP contribution in [0.3, 0.4) is 0 Å². The van der Waals surface area contributed by atoms with E-state index in [4.69, 9.17) is 10.3 Å². The Balaban J connectivity index is 1.98. The molecule has 2 N–H and O–H groups in total. The fourth-order valence-electron chi connectivity index (χ4n) is 3.26. The SMILES string of the molecule is CN1C(=O)C(c2ccnc(CF)c2)(c2ccc(F)c(-c3ccon3)c2)N=C1N. The third-order valence-electron chi connectivity index (χ3n) is 4.71. The van der Waals surface area contributed by atoms with Crippen LogP contribution >= 0.6 is 0 Å². The van der Waals surface area contributed by atoms with Crippen molar-refractivity contribution in [3.8, 4) is 11.3 Å². The average molecular weight is 383 g/mol. The lowest BCUT2D eigenvalue weighted by molar-refractivity contribution is -0.129. The van der Waals surface area contributed by atoms with Gasteiger partial charge in [0, 0.05) is 24.9 Å². The molecule has 0 bridgehead atoms. The van der Waals surface area contributed by atoms with Gasteiger partial charge in [-0.3, -0.25) is 14.7 Å². The minimum absolute atomic E-state index is 0.00378. The molecule has 1 aromatic carbocycles. The number of hydrogen-bond donors (Lipinski definition) is 1. The van der Waals surface area contributed by atoms with Gasteiger partial charge in [0.25, 0.3) is 5.91 Å². The minimum atomic E-state index is -1.59. The molecule has 0 saturated heterocycles. The third-order valence-corrected chi connectivity index (χ3v) is 4.71. The second-order valence-electron chi connectivity index (χ2n) is 6.29. The van der Waals surface area contributed by atoms with Crippen molar-refractivity contribution < 1.29 is 18.1 Å². The van der Waals surface area contributed by atoms with E-state index < -0.39 is 23.9 Å². The van der Waals surface area contributed by atoms with Crippen LogP contribution in [0.25, 0.3) is 11.3 Å². The van der Waals surface area contributed by atoms with Crippen molar-refractivity contribution in [3.05, 3.63) is 71.5 Å². The fraction of sp³-hybridized carbons (Fsp3) is 0.158. The zero-order valence-electron chi connectivity index (χ0n) is 14.8. The van der Waals surface area contributed by atoms with Crippen molar-refractivity contribution in [3.63, 3.8) is 0 Å². The van der Waals surface area contributed by atoms with Gasteiger partial charge in [0.15, 0.2) is 11.5 Å². The van der Waals surface area contributed by atoms with Gasteiger partial charge in [-0.15, -0.1) is 0 Å². The molecule has 0 saturated carbocycles. The van der Waals surface area contributed by atoms with Crippen LogP contribution in [0.15, 0.2) is 58.4 Å². The summed E-state index contributed by atoms with van der Waals surface area (Å²) in [7, 11) is 1.49. The number of halogens is 2. The molecule has 0 aliphatic carbocycles. The molecule has 28 heavy (non-hydrogen) atoms. The van der Waals surface area contributed by atoms with E-state index in [9.17, 15) is 13.6 Å². The van der Waals surface area contributed by atoms with Gasteiger partial charge in [0.1, 0.15) is 24.4 Å². The van der Waals surface area contributed by atoms with E-state index in [1.807, 2.05) is 0 Å². The molecule has 3 aromatic rings. The monoisotopic (exact) mass is 383 g/mol. The molecular weight excluding hydrogens is 368 g/mol. The molecule has 0 fully saturated rings. The molecule has 3 heterocycles. The number of carbonyl (C=O) groups is 1. The van der Waals surface area contributed by atoms with Crippen molar-refractivity contribution in [1.29, 1.82) is 0 Å². The molecule has 2 aromatic heterocycles. The van der Waals surface area contributed by atoms with Gasteiger partial charge >= 0.3 is 0 Å². The Labute approximate surface area is 158 Å². The molecule has 1 atom stereocenters. The summed E-state index contributed by atoms with van der Waals surface area (Å²) in [5, 5.41) is 3.76. The molecule has 0 radical (unpaired) electrons. The van der Waals surface area contributed by atoms with Gasteiger partial charge in [-0.1, -0.05) is 11.2 Å². The van der Waals surface area contributed by atoms with Gasteiger partial charge in [-0.2, -0.15) is 0 Å². The highest BCUT2D eigenvalue weighted by Gasteiger charge is 2.50. The number of hydrogen-bond acceptors (Lipinski definition) is 6. The van der Waals surface area contributed by atoms with E-state index in [-0.39, 0.29) is 22.9 Å². The Morgan fingerprint density at radius 2 is 2.00 bits per heavy atom. The minimum Gasteiger partial charge on any atom is -0.369 e. The third kappa shape index (κ3) is 2.55. The summed E-state index contributed by atoms with van der Waals surface area (Å²) in [6.45, 7) is -0.805. The smallest absolute Gasteiger partial charge is 0.266 e. The second kappa shape index (κ2) is 6.52. The maximum Gasteiger partial charge on any atom is 0.266 e. The molecule has 1 unspecified atom stereocenters. The van der Waals surface area contributed by atoms with E-state index in [1.165, 1.54) is 54.7 Å². The quantitative estimate of drug-likeness (QED) is 0.746. The van der Waals surface area contributed by atoms with Crippen LogP contribution in [0.1, 0.15) is 16.8 Å². The Morgan fingerprint density at radius 1 is 1.21 bits per heavy atom. The number of nitrogens with two attached hydrogens (primary N) is 1. The summed E-state index contributed by atoms with van der Waals surface area (Å²) in [6.07, 6.45) is 2.71. The van der Waals surface area contributed by atoms with Crippen LogP contribution in [0.4, 0.5) is 8.78 Å². The first kappa shape index (κ1) is 17.8. The maximum absolute atomic E-state index is 14.4. The number of benzene rings is 1. The topological polar surface area (TPSA) is 97.6 Å². The highest BCUT2D eigenvalue weighted by atomic mass is 19.1. The highest BCUT2D eigenvalue weighted by molar-refractivity contribution is 6.09. The molecule has 9 heteroatoms. The summed E-state index contributed by atoms with van der Waals surface area (Å²) >= 11 is 0. The van der Waals surface area contributed by atoms with E-state index in [1.54, 1.807) is 6.07 Å². The first-order valence-electron chi connectivity index (χ1n) is 8.33. The zero-order chi connectivity index (χ0) is 19.9. The number of alkyl halides is 1. The highest BCUT2D eigenvalue weighted by Crippen LogP contribution is 2.41. The average Bonchev–Trinajstić information content (AvgIpc) is 3.32. The Morgan fingerprint density at radius 3 is 2.64 bits per heavy atom. The lowest BCUT2D eigenvalue weighted by Gasteiger charge is -2.26. The van der Waals surface area contributed by atoms with Gasteiger partial charge in [-0.05, 0) is 35.4 Å². The van der Waals surface area contributed by atoms with Crippen molar-refractivity contribution in [2.75, 3.05) is 7.05 Å². The largest absolute Gasteiger partial charge is 0.369 e. The van der Waals surface area contributed by atoms with Crippen LogP contribution in [0, 0.1) is 5.82 Å². The number of guanidine groups is 1. The normalized spacial score (nSPS) is 19.2. The summed E-state index contributed by atoms with van der Waals surface area (Å²) in [5.74, 6) is -0.989. The number of nitrogens with zero attached hydrogens (tertiary/aromatic N) is 4. The lowest BCUT2D eigenvalue weighted by atomic mass is 9.82. The first-order valence-corrected chi connectivity index (χ1v) is 8.33. The molecule has 0 spiro atoms. The van der Waals surface area contributed by atoms with E-state index in [2.05, 4.69) is 15.1 Å². The van der Waals surface area contributed by atoms with Gasteiger partial charge < -0.3 is 10.3 Å². The standard InChI is InChI=1S/C19H15F2N5O2/c1-26-17(27)19(24-18(26)22,12-4-6-23-13(8-12)10-20)11-2-3-15(21)14(9-11)16-5-7-28-25-16/h2-9H,10H2,1H3,(H2,22,24). The maximum atomic E-state index is 14.4. The van der Waals surface area contributed by atoms with Crippen molar-refractivity contribution >= 4 is 11.9 Å². The summed E-state index contributed by atoms with van der Waals surface area (Å²) in [6, 6.07) is 8.65. The molecule has 4 rings (SSSR count). The molecular formula is C19H15F2N5O2. The number of carbonyl (C=O) groups excluding carboxylic acids is 1. The van der Waals surface area contributed by atoms with Crippen LogP contribution in [-0.4, -0.2) is 34.0 Å². The predicted octanol–water partition coefficient (Wildman–Crippen LogP) is 2.38. The van der Waals surface area contributed by atoms with Crippen LogP contribution < -0.4 is 5.73 Å². The lowest BCUT2D eigenvalue weighted by Crippen LogP contribution is -2.41. The number of likely N-dealkylation sites (N-methyl/N-ethyl adjacent to an activating group) is 1. The Kier molecular flexibility index (Phi) is 4.14. The molecule has 7 nitrogen and oxygen atoms in total. The molecule has 142 valence electrons. The van der Waals surface area contributed by atoms with Gasteiger partial charge in [0.05, 0.1) is 5.69 Å². The number of aliphatic imine (C=N–C) groups is 1. The van der Waals surface area contributed by atoms with E-state index >= 15 is 0 Å². The zero-order valence-corrected chi connectivity index (χ0v) is 14.8. The summed E-state index contributed by atoms with van der Waals surface area (Å²) in [4.78, 5) is 22.7. The van der Waals surface area contributed by atoms with Crippen LogP contribution in [0.2, 0.25) is 0 Å². The first-order chi connectivity index (χ1) is 13.5.